The Balaban J connectivity index is 1.87. The Kier molecular flexibility index (Phi) is 6.06. The molecule has 0 bridgehead atoms. The summed E-state index contributed by atoms with van der Waals surface area (Å²) < 4.78 is 5.72. The van der Waals surface area contributed by atoms with E-state index >= 15 is 0 Å². The van der Waals surface area contributed by atoms with Gasteiger partial charge in [0.15, 0.2) is 0 Å². The second-order valence-electron chi connectivity index (χ2n) is 7.23. The third-order valence-electron chi connectivity index (χ3n) is 4.73. The van der Waals surface area contributed by atoms with Crippen molar-refractivity contribution in [2.24, 2.45) is 17.8 Å². The fourth-order valence-corrected chi connectivity index (χ4v) is 2.95. The number of amides is 1. The van der Waals surface area contributed by atoms with Crippen LogP contribution in [-0.4, -0.2) is 42.8 Å². The maximum absolute atomic E-state index is 12.6. The fraction of sp³-hybridized carbons (Fsp3) is 0.941. The van der Waals surface area contributed by atoms with Gasteiger partial charge in [0.2, 0.25) is 5.91 Å². The van der Waals surface area contributed by atoms with Crippen molar-refractivity contribution < 1.29 is 9.53 Å². The Morgan fingerprint density at radius 3 is 2.62 bits per heavy atom. The van der Waals surface area contributed by atoms with E-state index in [4.69, 9.17) is 4.74 Å². The second-order valence-corrected chi connectivity index (χ2v) is 7.23. The minimum atomic E-state index is -0.0119. The van der Waals surface area contributed by atoms with Gasteiger partial charge in [-0.1, -0.05) is 34.1 Å². The summed E-state index contributed by atoms with van der Waals surface area (Å²) in [5, 5.41) is 3.56. The molecule has 3 atom stereocenters. The first-order valence-electron chi connectivity index (χ1n) is 8.67. The van der Waals surface area contributed by atoms with E-state index < -0.39 is 0 Å². The van der Waals surface area contributed by atoms with Gasteiger partial charge in [-0.25, -0.2) is 0 Å². The lowest BCUT2D eigenvalue weighted by Crippen LogP contribution is -2.40. The van der Waals surface area contributed by atoms with Crippen molar-refractivity contribution in [3.63, 3.8) is 0 Å². The highest BCUT2D eigenvalue weighted by Gasteiger charge is 2.40. The number of hydrogen-bond acceptors (Lipinski definition) is 3. The Hall–Kier alpha value is -0.610. The first-order chi connectivity index (χ1) is 10.0. The van der Waals surface area contributed by atoms with E-state index in [0.29, 0.717) is 18.4 Å². The fourth-order valence-electron chi connectivity index (χ4n) is 2.95. The third-order valence-corrected chi connectivity index (χ3v) is 4.73. The quantitative estimate of drug-likeness (QED) is 0.665. The Morgan fingerprint density at radius 2 is 2.05 bits per heavy atom. The van der Waals surface area contributed by atoms with Gasteiger partial charge in [0.1, 0.15) is 0 Å². The lowest BCUT2D eigenvalue weighted by atomic mass is 9.99. The van der Waals surface area contributed by atoms with Crippen LogP contribution < -0.4 is 5.32 Å². The predicted molar refractivity (Wildman–Crippen MR) is 84.9 cm³/mol. The normalized spacial score (nSPS) is 27.7. The maximum atomic E-state index is 12.6. The molecule has 0 aromatic heterocycles. The molecule has 4 nitrogen and oxygen atoms in total. The summed E-state index contributed by atoms with van der Waals surface area (Å²) in [6.45, 7) is 11.0. The van der Waals surface area contributed by atoms with E-state index in [-0.39, 0.29) is 18.1 Å². The van der Waals surface area contributed by atoms with Crippen molar-refractivity contribution in [2.75, 3.05) is 19.8 Å². The Morgan fingerprint density at radius 1 is 1.33 bits per heavy atom. The van der Waals surface area contributed by atoms with Crippen LogP contribution in [0.5, 0.6) is 0 Å². The zero-order valence-electron chi connectivity index (χ0n) is 14.1. The molecule has 21 heavy (non-hydrogen) atoms. The van der Waals surface area contributed by atoms with Gasteiger partial charge in [-0.2, -0.15) is 0 Å². The molecule has 1 amide bonds. The van der Waals surface area contributed by atoms with Crippen molar-refractivity contribution >= 4 is 5.91 Å². The summed E-state index contributed by atoms with van der Waals surface area (Å²) in [6.07, 6.45) is 4.86. The zero-order chi connectivity index (χ0) is 15.4. The highest BCUT2D eigenvalue weighted by atomic mass is 16.5. The molecule has 3 unspecified atom stereocenters. The number of nitrogens with zero attached hydrogens (tertiary/aromatic N) is 1. The highest BCUT2D eigenvalue weighted by molar-refractivity contribution is 5.84. The van der Waals surface area contributed by atoms with Crippen LogP contribution in [0.3, 0.4) is 0 Å². The Bertz CT molecular complexity index is 342. The molecule has 1 saturated carbocycles. The van der Waals surface area contributed by atoms with Gasteiger partial charge >= 0.3 is 0 Å². The molecule has 4 heteroatoms. The second kappa shape index (κ2) is 7.59. The summed E-state index contributed by atoms with van der Waals surface area (Å²) in [6, 6.07) is -0.0119. The number of rotatable bonds is 9. The average Bonchev–Trinajstić information content (AvgIpc) is 3.21. The van der Waals surface area contributed by atoms with E-state index in [1.807, 2.05) is 4.90 Å². The molecular weight excluding hydrogens is 264 g/mol. The summed E-state index contributed by atoms with van der Waals surface area (Å²) in [7, 11) is 0. The largest absolute Gasteiger partial charge is 0.379 e. The van der Waals surface area contributed by atoms with E-state index in [1.54, 1.807) is 0 Å². The van der Waals surface area contributed by atoms with Gasteiger partial charge in [-0.05, 0) is 37.0 Å². The van der Waals surface area contributed by atoms with E-state index in [0.717, 1.165) is 31.9 Å². The molecule has 0 aromatic carbocycles. The third kappa shape index (κ3) is 4.68. The Labute approximate surface area is 129 Å². The van der Waals surface area contributed by atoms with Crippen LogP contribution in [-0.2, 0) is 9.53 Å². The lowest BCUT2D eigenvalue weighted by molar-refractivity contribution is -0.131. The first kappa shape index (κ1) is 16.8. The molecule has 0 aromatic rings. The molecular formula is C17H32N2O2. The predicted octanol–water partition coefficient (Wildman–Crippen LogP) is 2.63. The van der Waals surface area contributed by atoms with Crippen LogP contribution in [0.15, 0.2) is 0 Å². The molecule has 1 heterocycles. The van der Waals surface area contributed by atoms with Gasteiger partial charge in [-0.3, -0.25) is 10.1 Å². The van der Waals surface area contributed by atoms with Gasteiger partial charge in [0.05, 0.1) is 18.8 Å². The molecule has 2 aliphatic rings. The molecule has 0 spiro atoms. The SMILES string of the molecule is CCC(C)C1NC(CC(C)C)N(CCOCC2CC2)C1=O. The zero-order valence-corrected chi connectivity index (χ0v) is 14.1. The van der Waals surface area contributed by atoms with Crippen LogP contribution >= 0.6 is 0 Å². The molecule has 1 aliphatic carbocycles. The van der Waals surface area contributed by atoms with Gasteiger partial charge < -0.3 is 9.64 Å². The number of carbonyl (C=O) groups is 1. The minimum Gasteiger partial charge on any atom is -0.379 e. The van der Waals surface area contributed by atoms with Crippen LogP contribution in [0.4, 0.5) is 0 Å². The molecule has 122 valence electrons. The summed E-state index contributed by atoms with van der Waals surface area (Å²) >= 11 is 0. The first-order valence-corrected chi connectivity index (χ1v) is 8.67. The number of nitrogens with one attached hydrogen (secondary N) is 1. The van der Waals surface area contributed by atoms with Crippen molar-refractivity contribution in [2.45, 2.75) is 65.6 Å². The smallest absolute Gasteiger partial charge is 0.241 e. The van der Waals surface area contributed by atoms with E-state index in [1.165, 1.54) is 12.8 Å². The average molecular weight is 296 g/mol. The molecule has 0 radical (unpaired) electrons. The standard InChI is InChI=1S/C17H32N2O2/c1-5-13(4)16-17(20)19(15(18-16)10-12(2)3)8-9-21-11-14-6-7-14/h12-16,18H,5-11H2,1-4H3. The van der Waals surface area contributed by atoms with Gasteiger partial charge in [-0.15, -0.1) is 0 Å². The lowest BCUT2D eigenvalue weighted by Gasteiger charge is -2.25. The molecule has 2 rings (SSSR count). The molecule has 1 saturated heterocycles. The van der Waals surface area contributed by atoms with Gasteiger partial charge in [0, 0.05) is 13.2 Å². The van der Waals surface area contributed by atoms with Crippen LogP contribution in [0.2, 0.25) is 0 Å². The number of ether oxygens (including phenoxy) is 1. The van der Waals surface area contributed by atoms with Crippen molar-refractivity contribution in [3.05, 3.63) is 0 Å². The topological polar surface area (TPSA) is 41.6 Å². The van der Waals surface area contributed by atoms with E-state index in [2.05, 4.69) is 33.0 Å². The van der Waals surface area contributed by atoms with Crippen molar-refractivity contribution in [1.29, 1.82) is 0 Å². The van der Waals surface area contributed by atoms with E-state index in [9.17, 15) is 4.79 Å². The molecule has 1 N–H and O–H groups in total. The van der Waals surface area contributed by atoms with Crippen molar-refractivity contribution in [3.8, 4) is 0 Å². The van der Waals surface area contributed by atoms with Crippen LogP contribution in [0.25, 0.3) is 0 Å². The van der Waals surface area contributed by atoms with Crippen LogP contribution in [0.1, 0.15) is 53.4 Å². The number of hydrogen-bond donors (Lipinski definition) is 1. The number of carbonyl (C=O) groups excluding carboxylic acids is 1. The summed E-state index contributed by atoms with van der Waals surface area (Å²) in [4.78, 5) is 14.7. The monoisotopic (exact) mass is 296 g/mol. The maximum Gasteiger partial charge on any atom is 0.241 e. The summed E-state index contributed by atoms with van der Waals surface area (Å²) in [5.41, 5.74) is 0. The molecule has 1 aliphatic heterocycles. The highest BCUT2D eigenvalue weighted by Crippen LogP contribution is 2.29. The summed E-state index contributed by atoms with van der Waals surface area (Å²) in [5.74, 6) is 2.03. The van der Waals surface area contributed by atoms with Crippen LogP contribution in [0, 0.1) is 17.8 Å². The molecule has 2 fully saturated rings. The van der Waals surface area contributed by atoms with Crippen molar-refractivity contribution in [1.82, 2.24) is 10.2 Å². The van der Waals surface area contributed by atoms with Gasteiger partial charge in [0.25, 0.3) is 0 Å². The minimum absolute atomic E-state index is 0.0119.